The van der Waals surface area contributed by atoms with E-state index in [-0.39, 0.29) is 12.0 Å². The van der Waals surface area contributed by atoms with Crippen molar-refractivity contribution in [2.45, 2.75) is 44.2 Å². The number of carbonyl (C=O) groups is 1. The van der Waals surface area contributed by atoms with Gasteiger partial charge < -0.3 is 24.1 Å². The molecule has 2 atom stereocenters. The molecule has 136 valence electrons. The molecule has 2 aromatic rings. The molecule has 1 aliphatic carbocycles. The van der Waals surface area contributed by atoms with E-state index in [1.807, 2.05) is 50.2 Å². The highest BCUT2D eigenvalue weighted by Crippen LogP contribution is 2.48. The Morgan fingerprint density at radius 1 is 1.15 bits per heavy atom. The van der Waals surface area contributed by atoms with Gasteiger partial charge in [0.15, 0.2) is 5.79 Å². The molecular formula is C21H21O5-. The Balaban J connectivity index is 1.70. The summed E-state index contributed by atoms with van der Waals surface area (Å²) in [6.07, 6.45) is -1.94. The molecular weight excluding hydrogens is 332 g/mol. The second-order valence-electron chi connectivity index (χ2n) is 7.24. The summed E-state index contributed by atoms with van der Waals surface area (Å²) < 4.78 is 16.7. The molecule has 0 saturated carbocycles. The van der Waals surface area contributed by atoms with Crippen molar-refractivity contribution in [1.29, 1.82) is 0 Å². The first-order valence-corrected chi connectivity index (χ1v) is 8.82. The van der Waals surface area contributed by atoms with Crippen LogP contribution in [0.2, 0.25) is 0 Å². The van der Waals surface area contributed by atoms with E-state index >= 15 is 0 Å². The first-order chi connectivity index (χ1) is 12.4. The summed E-state index contributed by atoms with van der Waals surface area (Å²) in [6.45, 7) is 4.11. The monoisotopic (exact) mass is 353 g/mol. The lowest BCUT2D eigenvalue weighted by molar-refractivity contribution is -0.288. The van der Waals surface area contributed by atoms with Crippen LogP contribution in [0.4, 0.5) is 4.79 Å². The number of hydrogen-bond donors (Lipinski definition) is 0. The van der Waals surface area contributed by atoms with Gasteiger partial charge in [0.1, 0.15) is 0 Å². The predicted octanol–water partition coefficient (Wildman–Crippen LogP) is 3.07. The summed E-state index contributed by atoms with van der Waals surface area (Å²) in [5.41, 5.74) is 4.36. The molecule has 0 radical (unpaired) electrons. The van der Waals surface area contributed by atoms with Crippen LogP contribution in [0.15, 0.2) is 48.5 Å². The molecule has 26 heavy (non-hydrogen) atoms. The second kappa shape index (κ2) is 6.41. The third-order valence-electron chi connectivity index (χ3n) is 5.06. The number of rotatable bonds is 4. The molecule has 0 bridgehead atoms. The molecule has 0 amide bonds. The zero-order chi connectivity index (χ0) is 18.3. The molecule has 1 unspecified atom stereocenters. The Morgan fingerprint density at radius 3 is 2.23 bits per heavy atom. The van der Waals surface area contributed by atoms with Gasteiger partial charge in [-0.15, -0.1) is 0 Å². The van der Waals surface area contributed by atoms with Gasteiger partial charge in [-0.05, 0) is 42.5 Å². The van der Waals surface area contributed by atoms with Crippen LogP contribution in [0.1, 0.15) is 37.3 Å². The van der Waals surface area contributed by atoms with Crippen LogP contribution in [-0.2, 0) is 14.2 Å². The van der Waals surface area contributed by atoms with Gasteiger partial charge in [0.2, 0.25) is 0 Å². The van der Waals surface area contributed by atoms with Gasteiger partial charge >= 0.3 is 0 Å². The van der Waals surface area contributed by atoms with Crippen molar-refractivity contribution in [2.75, 3.05) is 6.61 Å². The summed E-state index contributed by atoms with van der Waals surface area (Å²) in [6, 6.07) is 16.1. The van der Waals surface area contributed by atoms with Gasteiger partial charge in [-0.2, -0.15) is 0 Å². The standard InChI is InChI=1S/C21H22O5/c1-21(2)24-12-13(26-21)11-18(25-20(22)23)19-16-9-5-3-7-14(16)15-8-4-6-10-17(15)19/h3-10,13,18-19H,11-12H2,1-2H3,(H,22,23)/p-1/t13-,18?/m1/s1. The van der Waals surface area contributed by atoms with Crippen molar-refractivity contribution in [1.82, 2.24) is 0 Å². The molecule has 2 aliphatic rings. The van der Waals surface area contributed by atoms with E-state index in [0.29, 0.717) is 13.0 Å². The summed E-state index contributed by atoms with van der Waals surface area (Å²) in [5, 5.41) is 11.3. The zero-order valence-corrected chi connectivity index (χ0v) is 14.8. The predicted molar refractivity (Wildman–Crippen MR) is 93.5 cm³/mol. The number of hydrogen-bond acceptors (Lipinski definition) is 5. The van der Waals surface area contributed by atoms with E-state index in [9.17, 15) is 9.90 Å². The Kier molecular flexibility index (Phi) is 4.21. The van der Waals surface area contributed by atoms with Crippen molar-refractivity contribution in [3.63, 3.8) is 0 Å². The molecule has 5 heteroatoms. The number of carbonyl (C=O) groups excluding carboxylic acids is 1. The highest BCUT2D eigenvalue weighted by molar-refractivity contribution is 5.79. The number of carboxylic acid groups (broad SMARTS) is 1. The van der Waals surface area contributed by atoms with Gasteiger partial charge in [0.05, 0.1) is 18.8 Å². The van der Waals surface area contributed by atoms with Gasteiger partial charge in [0.25, 0.3) is 6.16 Å². The molecule has 4 rings (SSSR count). The van der Waals surface area contributed by atoms with Crippen molar-refractivity contribution < 1.29 is 24.1 Å². The minimum absolute atomic E-state index is 0.187. The average Bonchev–Trinajstić information content (AvgIpc) is 3.11. The van der Waals surface area contributed by atoms with Crippen molar-refractivity contribution >= 4 is 6.16 Å². The van der Waals surface area contributed by atoms with E-state index < -0.39 is 18.0 Å². The smallest absolute Gasteiger partial charge is 0.252 e. The Hall–Kier alpha value is -2.37. The van der Waals surface area contributed by atoms with E-state index in [4.69, 9.17) is 14.2 Å². The van der Waals surface area contributed by atoms with Crippen molar-refractivity contribution in [3.05, 3.63) is 59.7 Å². The first-order valence-electron chi connectivity index (χ1n) is 8.82. The fourth-order valence-electron chi connectivity index (χ4n) is 4.11. The van der Waals surface area contributed by atoms with Crippen molar-refractivity contribution in [3.8, 4) is 11.1 Å². The fraction of sp³-hybridized carbons (Fsp3) is 0.381. The number of benzene rings is 2. The normalized spacial score (nSPS) is 21.8. The fourth-order valence-corrected chi connectivity index (χ4v) is 4.11. The molecule has 5 nitrogen and oxygen atoms in total. The minimum Gasteiger partial charge on any atom is -0.545 e. The molecule has 0 N–H and O–H groups in total. The van der Waals surface area contributed by atoms with Crippen molar-refractivity contribution in [2.24, 2.45) is 0 Å². The molecule has 1 heterocycles. The molecule has 0 aromatic heterocycles. The molecule has 1 fully saturated rings. The Labute approximate surface area is 152 Å². The first kappa shape index (κ1) is 17.1. The maximum atomic E-state index is 11.3. The average molecular weight is 353 g/mol. The lowest BCUT2D eigenvalue weighted by Crippen LogP contribution is -2.36. The van der Waals surface area contributed by atoms with Gasteiger partial charge in [-0.3, -0.25) is 0 Å². The van der Waals surface area contributed by atoms with E-state index in [2.05, 4.69) is 12.1 Å². The highest BCUT2D eigenvalue weighted by atomic mass is 16.7. The largest absolute Gasteiger partial charge is 0.545 e. The SMILES string of the molecule is CC1(C)OC[C@@H](CC(OC(=O)[O-])C2c3ccccc3-c3ccccc32)O1. The maximum Gasteiger partial charge on any atom is 0.252 e. The van der Waals surface area contributed by atoms with Crippen LogP contribution in [-0.4, -0.2) is 30.8 Å². The van der Waals surface area contributed by atoms with Crippen LogP contribution in [0.3, 0.4) is 0 Å². The van der Waals surface area contributed by atoms with E-state index in [1.165, 1.54) is 0 Å². The molecule has 1 aliphatic heterocycles. The molecule has 2 aromatic carbocycles. The third kappa shape index (κ3) is 3.08. The van der Waals surface area contributed by atoms with Crippen LogP contribution < -0.4 is 5.11 Å². The minimum atomic E-state index is -1.52. The molecule has 1 saturated heterocycles. The van der Waals surface area contributed by atoms with Crippen LogP contribution in [0.25, 0.3) is 11.1 Å². The summed E-state index contributed by atoms with van der Waals surface area (Å²) in [5.74, 6) is -0.852. The van der Waals surface area contributed by atoms with E-state index in [0.717, 1.165) is 22.3 Å². The van der Waals surface area contributed by atoms with E-state index in [1.54, 1.807) is 0 Å². The topological polar surface area (TPSA) is 67.8 Å². The van der Waals surface area contributed by atoms with Gasteiger partial charge in [-0.1, -0.05) is 48.5 Å². The van der Waals surface area contributed by atoms with Gasteiger partial charge in [-0.25, -0.2) is 0 Å². The summed E-state index contributed by atoms with van der Waals surface area (Å²) in [7, 11) is 0. The number of fused-ring (bicyclic) bond motifs is 3. The van der Waals surface area contributed by atoms with Crippen LogP contribution in [0.5, 0.6) is 0 Å². The Morgan fingerprint density at radius 2 is 1.73 bits per heavy atom. The summed E-state index contributed by atoms with van der Waals surface area (Å²) >= 11 is 0. The Bertz CT molecular complexity index is 783. The second-order valence-corrected chi connectivity index (χ2v) is 7.24. The van der Waals surface area contributed by atoms with Gasteiger partial charge in [0, 0.05) is 5.92 Å². The summed E-state index contributed by atoms with van der Waals surface area (Å²) in [4.78, 5) is 11.3. The van der Waals surface area contributed by atoms with Crippen LogP contribution in [0, 0.1) is 0 Å². The van der Waals surface area contributed by atoms with Crippen LogP contribution >= 0.6 is 0 Å². The quantitative estimate of drug-likeness (QED) is 0.790. The maximum absolute atomic E-state index is 11.3. The molecule has 0 spiro atoms. The highest BCUT2D eigenvalue weighted by Gasteiger charge is 2.39. The lowest BCUT2D eigenvalue weighted by atomic mass is 9.88. The number of ether oxygens (including phenoxy) is 3. The third-order valence-corrected chi connectivity index (χ3v) is 5.06. The lowest BCUT2D eigenvalue weighted by Gasteiger charge is -2.31. The zero-order valence-electron chi connectivity index (χ0n) is 14.8.